The van der Waals surface area contributed by atoms with Crippen molar-refractivity contribution in [2.24, 2.45) is 0 Å². The van der Waals surface area contributed by atoms with Crippen molar-refractivity contribution in [2.45, 2.75) is 6.92 Å². The third kappa shape index (κ3) is 1.87. The van der Waals surface area contributed by atoms with Crippen LogP contribution in [-0.2, 0) is 4.74 Å². The molecule has 3 aromatic rings. The van der Waals surface area contributed by atoms with Crippen molar-refractivity contribution in [3.8, 4) is 0 Å². The van der Waals surface area contributed by atoms with Crippen LogP contribution in [-0.4, -0.2) is 29.6 Å². The third-order valence-corrected chi connectivity index (χ3v) is 3.23. The Hall–Kier alpha value is -2.56. The maximum Gasteiger partial charge on any atom is 0.338 e. The van der Waals surface area contributed by atoms with Crippen molar-refractivity contribution >= 4 is 33.7 Å². The summed E-state index contributed by atoms with van der Waals surface area (Å²) in [6, 6.07) is 9.38. The van der Waals surface area contributed by atoms with Crippen LogP contribution in [0.5, 0.6) is 0 Å². The minimum absolute atomic E-state index is 0.309. The van der Waals surface area contributed by atoms with Gasteiger partial charge in [0.2, 0.25) is 0 Å². The van der Waals surface area contributed by atoms with Gasteiger partial charge in [-0.3, -0.25) is 0 Å². The van der Waals surface area contributed by atoms with Crippen LogP contribution in [0.3, 0.4) is 0 Å². The Balaban J connectivity index is 2.29. The number of rotatable bonds is 3. The molecule has 0 aliphatic carbocycles. The molecule has 2 N–H and O–H groups in total. The summed E-state index contributed by atoms with van der Waals surface area (Å²) in [4.78, 5) is 19.7. The summed E-state index contributed by atoms with van der Waals surface area (Å²) in [7, 11) is 1.82. The fraction of sp³-hybridized carbons (Fsp3) is 0.200. The number of fused-ring (bicyclic) bond motifs is 3. The number of carbonyl (C=O) groups is 1. The van der Waals surface area contributed by atoms with E-state index >= 15 is 0 Å². The Bertz CT molecular complexity index is 792. The summed E-state index contributed by atoms with van der Waals surface area (Å²) in [6.07, 6.45) is 0. The van der Waals surface area contributed by atoms with Crippen LogP contribution >= 0.6 is 0 Å². The van der Waals surface area contributed by atoms with Crippen LogP contribution in [0.2, 0.25) is 0 Å². The lowest BCUT2D eigenvalue weighted by Gasteiger charge is -2.03. The molecule has 20 heavy (non-hydrogen) atoms. The van der Waals surface area contributed by atoms with Crippen molar-refractivity contribution < 1.29 is 9.53 Å². The first kappa shape index (κ1) is 12.5. The zero-order chi connectivity index (χ0) is 14.1. The normalized spacial score (nSPS) is 10.9. The second-order valence-electron chi connectivity index (χ2n) is 4.42. The zero-order valence-corrected chi connectivity index (χ0v) is 11.4. The molecule has 0 atom stereocenters. The first-order chi connectivity index (χ1) is 9.74. The van der Waals surface area contributed by atoms with Gasteiger partial charge in [0.25, 0.3) is 0 Å². The first-order valence-electron chi connectivity index (χ1n) is 6.51. The standard InChI is InChI=1S/C15H15N3O2/c1-3-20-15(19)10-5-4-6-11-13(10)9-7-8-12(16-2)18-14(9)17-11/h4-8H,3H2,1-2H3,(H2,16,17,18). The average molecular weight is 269 g/mol. The van der Waals surface area contributed by atoms with Gasteiger partial charge < -0.3 is 15.0 Å². The summed E-state index contributed by atoms with van der Waals surface area (Å²) in [5.74, 6) is 0.471. The van der Waals surface area contributed by atoms with Crippen molar-refractivity contribution in [3.05, 3.63) is 35.9 Å². The highest BCUT2D eigenvalue weighted by molar-refractivity contribution is 6.15. The lowest BCUT2D eigenvalue weighted by molar-refractivity contribution is 0.0529. The number of nitrogens with zero attached hydrogens (tertiary/aromatic N) is 1. The predicted molar refractivity (Wildman–Crippen MR) is 79.1 cm³/mol. The highest BCUT2D eigenvalue weighted by Crippen LogP contribution is 2.28. The van der Waals surface area contributed by atoms with Gasteiger partial charge in [0.05, 0.1) is 12.2 Å². The minimum Gasteiger partial charge on any atom is -0.462 e. The van der Waals surface area contributed by atoms with Crippen LogP contribution in [0, 0.1) is 0 Å². The van der Waals surface area contributed by atoms with Crippen molar-refractivity contribution in [3.63, 3.8) is 0 Å². The van der Waals surface area contributed by atoms with E-state index in [1.54, 1.807) is 13.0 Å². The van der Waals surface area contributed by atoms with Crippen LogP contribution < -0.4 is 5.32 Å². The Labute approximate surface area is 116 Å². The van der Waals surface area contributed by atoms with Gasteiger partial charge in [-0.25, -0.2) is 9.78 Å². The van der Waals surface area contributed by atoms with Crippen LogP contribution in [0.4, 0.5) is 5.82 Å². The van der Waals surface area contributed by atoms with E-state index in [-0.39, 0.29) is 5.97 Å². The van der Waals surface area contributed by atoms with E-state index in [1.165, 1.54) is 0 Å². The molecule has 5 heteroatoms. The molecule has 102 valence electrons. The van der Waals surface area contributed by atoms with Crippen molar-refractivity contribution in [1.29, 1.82) is 0 Å². The maximum atomic E-state index is 12.1. The van der Waals surface area contributed by atoms with E-state index in [2.05, 4.69) is 15.3 Å². The number of hydrogen-bond donors (Lipinski definition) is 2. The summed E-state index contributed by atoms with van der Waals surface area (Å²) in [5.41, 5.74) is 2.20. The van der Waals surface area contributed by atoms with Gasteiger partial charge in [-0.1, -0.05) is 6.07 Å². The topological polar surface area (TPSA) is 67.0 Å². The molecule has 0 fully saturated rings. The van der Waals surface area contributed by atoms with E-state index in [4.69, 9.17) is 4.74 Å². The Morgan fingerprint density at radius 2 is 2.20 bits per heavy atom. The number of benzene rings is 1. The predicted octanol–water partition coefficient (Wildman–Crippen LogP) is 2.93. The van der Waals surface area contributed by atoms with Gasteiger partial charge in [0, 0.05) is 23.3 Å². The van der Waals surface area contributed by atoms with Gasteiger partial charge in [0.1, 0.15) is 11.5 Å². The molecule has 0 aliphatic rings. The fourth-order valence-corrected chi connectivity index (χ4v) is 2.35. The van der Waals surface area contributed by atoms with E-state index in [0.29, 0.717) is 12.2 Å². The van der Waals surface area contributed by atoms with Gasteiger partial charge in [-0.2, -0.15) is 0 Å². The molecule has 0 radical (unpaired) electrons. The Morgan fingerprint density at radius 1 is 1.35 bits per heavy atom. The molecule has 0 aliphatic heterocycles. The Kier molecular flexibility index (Phi) is 3.02. The summed E-state index contributed by atoms with van der Waals surface area (Å²) in [6.45, 7) is 2.16. The summed E-state index contributed by atoms with van der Waals surface area (Å²) in [5, 5.41) is 4.78. The highest BCUT2D eigenvalue weighted by Gasteiger charge is 2.15. The number of anilines is 1. The van der Waals surface area contributed by atoms with Crippen LogP contribution in [0.1, 0.15) is 17.3 Å². The SMILES string of the molecule is CCOC(=O)c1cccc2[nH]c3nc(NC)ccc3c12. The van der Waals surface area contributed by atoms with Gasteiger partial charge in [0.15, 0.2) is 0 Å². The number of pyridine rings is 1. The van der Waals surface area contributed by atoms with Crippen molar-refractivity contribution in [2.75, 3.05) is 19.0 Å². The minimum atomic E-state index is -0.309. The Morgan fingerprint density at radius 3 is 2.95 bits per heavy atom. The van der Waals surface area contributed by atoms with E-state index in [9.17, 15) is 4.79 Å². The largest absolute Gasteiger partial charge is 0.462 e. The van der Waals surface area contributed by atoms with Crippen LogP contribution in [0.15, 0.2) is 30.3 Å². The third-order valence-electron chi connectivity index (χ3n) is 3.23. The van der Waals surface area contributed by atoms with Gasteiger partial charge in [-0.05, 0) is 31.2 Å². The van der Waals surface area contributed by atoms with E-state index in [0.717, 1.165) is 27.8 Å². The number of H-pyrrole nitrogens is 1. The maximum absolute atomic E-state index is 12.1. The number of ether oxygens (including phenoxy) is 1. The molecule has 0 bridgehead atoms. The molecule has 1 aromatic carbocycles. The number of carbonyl (C=O) groups excluding carboxylic acids is 1. The molecule has 0 unspecified atom stereocenters. The molecule has 3 rings (SSSR count). The second kappa shape index (κ2) is 4.85. The molecular weight excluding hydrogens is 254 g/mol. The lowest BCUT2D eigenvalue weighted by atomic mass is 10.1. The van der Waals surface area contributed by atoms with E-state index < -0.39 is 0 Å². The monoisotopic (exact) mass is 269 g/mol. The second-order valence-corrected chi connectivity index (χ2v) is 4.42. The zero-order valence-electron chi connectivity index (χ0n) is 11.4. The lowest BCUT2D eigenvalue weighted by Crippen LogP contribution is -2.04. The molecule has 0 saturated carbocycles. The number of nitrogens with one attached hydrogen (secondary N) is 2. The number of aromatic amines is 1. The molecule has 5 nitrogen and oxygen atoms in total. The van der Waals surface area contributed by atoms with Gasteiger partial charge >= 0.3 is 5.97 Å². The molecule has 2 aromatic heterocycles. The first-order valence-corrected chi connectivity index (χ1v) is 6.51. The number of hydrogen-bond acceptors (Lipinski definition) is 4. The smallest absolute Gasteiger partial charge is 0.338 e. The summed E-state index contributed by atoms with van der Waals surface area (Å²) < 4.78 is 5.11. The number of aromatic nitrogens is 2. The highest BCUT2D eigenvalue weighted by atomic mass is 16.5. The fourth-order valence-electron chi connectivity index (χ4n) is 2.35. The molecule has 0 spiro atoms. The molecular formula is C15H15N3O2. The van der Waals surface area contributed by atoms with Gasteiger partial charge in [-0.15, -0.1) is 0 Å². The molecule has 2 heterocycles. The summed E-state index contributed by atoms with van der Waals surface area (Å²) >= 11 is 0. The quantitative estimate of drug-likeness (QED) is 0.717. The molecule has 0 amide bonds. The average Bonchev–Trinajstić information content (AvgIpc) is 2.84. The van der Waals surface area contributed by atoms with Crippen LogP contribution in [0.25, 0.3) is 21.9 Å². The number of esters is 1. The molecule has 0 saturated heterocycles. The van der Waals surface area contributed by atoms with E-state index in [1.807, 2.05) is 31.3 Å². The van der Waals surface area contributed by atoms with Crippen molar-refractivity contribution in [1.82, 2.24) is 9.97 Å².